The van der Waals surface area contributed by atoms with Crippen LogP contribution in [-0.4, -0.2) is 5.91 Å². The van der Waals surface area contributed by atoms with Crippen LogP contribution >= 0.6 is 11.3 Å². The number of anilines is 2. The highest BCUT2D eigenvalue weighted by Crippen LogP contribution is 2.26. The summed E-state index contributed by atoms with van der Waals surface area (Å²) >= 11 is 1.49. The summed E-state index contributed by atoms with van der Waals surface area (Å²) in [5.41, 5.74) is 8.49. The molecule has 0 aliphatic carbocycles. The number of hydrogen-bond acceptors (Lipinski definition) is 3. The van der Waals surface area contributed by atoms with Crippen LogP contribution in [0.15, 0.2) is 48.5 Å². The van der Waals surface area contributed by atoms with Gasteiger partial charge < -0.3 is 11.1 Å². The van der Waals surface area contributed by atoms with Crippen LogP contribution < -0.4 is 11.1 Å². The molecule has 2 aromatic carbocycles. The molecular weight excluding hydrogens is 280 g/mol. The van der Waals surface area contributed by atoms with Gasteiger partial charge in [0.2, 0.25) is 0 Å². The average Bonchev–Trinajstić information content (AvgIpc) is 2.91. The van der Waals surface area contributed by atoms with E-state index < -0.39 is 0 Å². The van der Waals surface area contributed by atoms with Crippen molar-refractivity contribution in [2.24, 2.45) is 0 Å². The molecule has 1 heterocycles. The summed E-state index contributed by atoms with van der Waals surface area (Å²) in [6.45, 7) is 2.06. The zero-order chi connectivity index (χ0) is 14.8. The number of benzene rings is 2. The molecular formula is C17H16N2OS. The first-order chi connectivity index (χ1) is 10.2. The Kier molecular flexibility index (Phi) is 3.62. The Bertz CT molecular complexity index is 774. The van der Waals surface area contributed by atoms with E-state index in [1.165, 1.54) is 11.3 Å². The Balaban J connectivity index is 1.84. The monoisotopic (exact) mass is 296 g/mol. The van der Waals surface area contributed by atoms with E-state index in [1.807, 2.05) is 48.5 Å². The summed E-state index contributed by atoms with van der Waals surface area (Å²) in [5, 5.41) is 3.99. The van der Waals surface area contributed by atoms with Gasteiger partial charge in [0.25, 0.3) is 5.91 Å². The van der Waals surface area contributed by atoms with Gasteiger partial charge in [0.1, 0.15) is 0 Å². The minimum atomic E-state index is -0.0974. The normalized spacial score (nSPS) is 10.7. The quantitative estimate of drug-likeness (QED) is 0.708. The number of nitrogens with two attached hydrogens (primary N) is 1. The van der Waals surface area contributed by atoms with Gasteiger partial charge in [-0.05, 0) is 41.6 Å². The Hall–Kier alpha value is -2.33. The lowest BCUT2D eigenvalue weighted by Crippen LogP contribution is -2.10. The largest absolute Gasteiger partial charge is 0.398 e. The highest BCUT2D eigenvalue weighted by atomic mass is 32.1. The van der Waals surface area contributed by atoms with E-state index in [0.29, 0.717) is 10.6 Å². The van der Waals surface area contributed by atoms with Crippen LogP contribution in [-0.2, 0) is 6.42 Å². The summed E-state index contributed by atoms with van der Waals surface area (Å²) in [6.07, 6.45) is 0.885. The fraction of sp³-hybridized carbons (Fsp3) is 0.118. The molecule has 3 aromatic rings. The van der Waals surface area contributed by atoms with Crippen LogP contribution in [0, 0.1) is 0 Å². The topological polar surface area (TPSA) is 55.1 Å². The van der Waals surface area contributed by atoms with Crippen molar-refractivity contribution in [3.05, 3.63) is 59.0 Å². The molecule has 0 spiro atoms. The maximum absolute atomic E-state index is 12.3. The van der Waals surface area contributed by atoms with E-state index in [9.17, 15) is 4.79 Å². The number of fused-ring (bicyclic) bond motifs is 1. The molecule has 3 rings (SSSR count). The molecule has 0 saturated heterocycles. The van der Waals surface area contributed by atoms with Gasteiger partial charge in [-0.1, -0.05) is 31.2 Å². The smallest absolute Gasteiger partial charge is 0.265 e. The van der Waals surface area contributed by atoms with Gasteiger partial charge in [0.15, 0.2) is 0 Å². The molecule has 0 fully saturated rings. The fourth-order valence-electron chi connectivity index (χ4n) is 2.28. The van der Waals surface area contributed by atoms with Gasteiger partial charge in [-0.2, -0.15) is 0 Å². The molecule has 0 radical (unpaired) electrons. The number of carbonyl (C=O) groups is 1. The first-order valence-corrected chi connectivity index (χ1v) is 7.67. The van der Waals surface area contributed by atoms with E-state index >= 15 is 0 Å². The highest BCUT2D eigenvalue weighted by molar-refractivity contribution is 7.20. The molecule has 4 heteroatoms. The van der Waals surface area contributed by atoms with Crippen molar-refractivity contribution in [2.75, 3.05) is 11.1 Å². The fourth-order valence-corrected chi connectivity index (χ4v) is 3.24. The molecule has 0 saturated carbocycles. The highest BCUT2D eigenvalue weighted by Gasteiger charge is 2.10. The van der Waals surface area contributed by atoms with E-state index in [0.717, 1.165) is 27.8 Å². The van der Waals surface area contributed by atoms with E-state index in [2.05, 4.69) is 12.2 Å². The lowest BCUT2D eigenvalue weighted by atomic mass is 10.1. The van der Waals surface area contributed by atoms with E-state index in [-0.39, 0.29) is 5.91 Å². The molecule has 3 nitrogen and oxygen atoms in total. The molecule has 0 aliphatic rings. The van der Waals surface area contributed by atoms with Gasteiger partial charge in [-0.25, -0.2) is 0 Å². The van der Waals surface area contributed by atoms with Crippen LogP contribution in [0.1, 0.15) is 22.2 Å². The van der Waals surface area contributed by atoms with Crippen molar-refractivity contribution in [3.63, 3.8) is 0 Å². The Morgan fingerprint density at radius 3 is 2.71 bits per heavy atom. The van der Waals surface area contributed by atoms with Gasteiger partial charge in [0, 0.05) is 16.1 Å². The number of carbonyl (C=O) groups excluding carboxylic acids is 1. The number of nitrogen functional groups attached to an aromatic ring is 1. The third-order valence-corrected chi connectivity index (χ3v) is 4.55. The minimum absolute atomic E-state index is 0.0974. The number of amides is 1. The minimum Gasteiger partial charge on any atom is -0.398 e. The molecule has 0 bridgehead atoms. The lowest BCUT2D eigenvalue weighted by molar-refractivity contribution is 0.103. The maximum Gasteiger partial charge on any atom is 0.265 e. The number of aryl methyl sites for hydroxylation is 1. The van der Waals surface area contributed by atoms with E-state index in [4.69, 9.17) is 5.73 Å². The second kappa shape index (κ2) is 5.58. The van der Waals surface area contributed by atoms with Crippen molar-refractivity contribution >= 4 is 38.7 Å². The predicted molar refractivity (Wildman–Crippen MR) is 90.0 cm³/mol. The van der Waals surface area contributed by atoms with Gasteiger partial charge in [-0.15, -0.1) is 11.3 Å². The Labute approximate surface area is 127 Å². The lowest BCUT2D eigenvalue weighted by Gasteiger charge is -2.07. The second-order valence-electron chi connectivity index (χ2n) is 4.87. The third-order valence-electron chi connectivity index (χ3n) is 3.43. The second-order valence-corrected chi connectivity index (χ2v) is 5.95. The summed E-state index contributed by atoms with van der Waals surface area (Å²) in [7, 11) is 0. The first-order valence-electron chi connectivity index (χ1n) is 6.85. The standard InChI is InChI=1S/C17H16N2OS/c1-2-11-7-8-13(10-14(11)18)19-17(20)16-9-12-5-3-4-6-15(12)21-16/h3-10H,2,18H2,1H3,(H,19,20). The van der Waals surface area contributed by atoms with Crippen LogP contribution in [0.25, 0.3) is 10.1 Å². The van der Waals surface area contributed by atoms with Crippen molar-refractivity contribution in [2.45, 2.75) is 13.3 Å². The van der Waals surface area contributed by atoms with Crippen molar-refractivity contribution in [1.82, 2.24) is 0 Å². The summed E-state index contributed by atoms with van der Waals surface area (Å²) in [4.78, 5) is 13.0. The Morgan fingerprint density at radius 1 is 1.19 bits per heavy atom. The molecule has 0 atom stereocenters. The van der Waals surface area contributed by atoms with Gasteiger partial charge >= 0.3 is 0 Å². The molecule has 106 valence electrons. The molecule has 3 N–H and O–H groups in total. The van der Waals surface area contributed by atoms with Gasteiger partial charge in [0.05, 0.1) is 4.88 Å². The number of nitrogens with one attached hydrogen (secondary N) is 1. The maximum atomic E-state index is 12.3. The SMILES string of the molecule is CCc1ccc(NC(=O)c2cc3ccccc3s2)cc1N. The number of thiophene rings is 1. The van der Waals surface area contributed by atoms with Crippen molar-refractivity contribution in [1.29, 1.82) is 0 Å². The van der Waals surface area contributed by atoms with Crippen molar-refractivity contribution < 1.29 is 4.79 Å². The average molecular weight is 296 g/mol. The van der Waals surface area contributed by atoms with Crippen LogP contribution in [0.4, 0.5) is 11.4 Å². The van der Waals surface area contributed by atoms with Crippen LogP contribution in [0.5, 0.6) is 0 Å². The number of hydrogen-bond donors (Lipinski definition) is 2. The molecule has 0 unspecified atom stereocenters. The number of rotatable bonds is 3. The Morgan fingerprint density at radius 2 is 2.00 bits per heavy atom. The van der Waals surface area contributed by atoms with E-state index in [1.54, 1.807) is 0 Å². The summed E-state index contributed by atoms with van der Waals surface area (Å²) in [5.74, 6) is -0.0974. The molecule has 1 amide bonds. The third kappa shape index (κ3) is 2.76. The summed E-state index contributed by atoms with van der Waals surface area (Å²) < 4.78 is 1.11. The molecule has 1 aromatic heterocycles. The van der Waals surface area contributed by atoms with Crippen LogP contribution in [0.3, 0.4) is 0 Å². The predicted octanol–water partition coefficient (Wildman–Crippen LogP) is 4.30. The molecule has 21 heavy (non-hydrogen) atoms. The van der Waals surface area contributed by atoms with Gasteiger partial charge in [-0.3, -0.25) is 4.79 Å². The van der Waals surface area contributed by atoms with Crippen LogP contribution in [0.2, 0.25) is 0 Å². The summed E-state index contributed by atoms with van der Waals surface area (Å²) in [6, 6.07) is 15.5. The first kappa shape index (κ1) is 13.6. The zero-order valence-corrected chi connectivity index (χ0v) is 12.5. The van der Waals surface area contributed by atoms with Crippen molar-refractivity contribution in [3.8, 4) is 0 Å². The zero-order valence-electron chi connectivity index (χ0n) is 11.7. The molecule has 0 aliphatic heterocycles.